The van der Waals surface area contributed by atoms with E-state index >= 15 is 0 Å². The van der Waals surface area contributed by atoms with E-state index in [0.717, 1.165) is 16.0 Å². The van der Waals surface area contributed by atoms with Crippen LogP contribution in [-0.2, 0) is 18.4 Å². The summed E-state index contributed by atoms with van der Waals surface area (Å²) in [6.45, 7) is 9.30. The van der Waals surface area contributed by atoms with E-state index in [1.165, 1.54) is 16.1 Å². The Hall–Kier alpha value is -2.08. The molecule has 0 atom stereocenters. The molecule has 22 heavy (non-hydrogen) atoms. The number of allylic oxidation sites excluding steroid dienone is 2. The van der Waals surface area contributed by atoms with Crippen LogP contribution in [0.25, 0.3) is 16.7 Å². The first-order chi connectivity index (χ1) is 10.3. The van der Waals surface area contributed by atoms with Crippen LogP contribution in [0, 0.1) is 0 Å². The van der Waals surface area contributed by atoms with Crippen molar-refractivity contribution in [2.24, 2.45) is 7.05 Å². The van der Waals surface area contributed by atoms with E-state index in [1.807, 2.05) is 25.3 Å². The van der Waals surface area contributed by atoms with Crippen LogP contribution in [0.2, 0.25) is 0 Å². The normalized spacial score (nSPS) is 11.9. The molecule has 0 saturated carbocycles. The zero-order valence-electron chi connectivity index (χ0n) is 13.2. The van der Waals surface area contributed by atoms with Crippen molar-refractivity contribution < 1.29 is 4.79 Å². The molecular formula is C16H19N3O2S. The van der Waals surface area contributed by atoms with E-state index in [0.29, 0.717) is 11.2 Å². The summed E-state index contributed by atoms with van der Waals surface area (Å²) in [4.78, 5) is 29.0. The number of imidazole rings is 1. The van der Waals surface area contributed by atoms with Crippen molar-refractivity contribution in [3.05, 3.63) is 45.2 Å². The zero-order valence-corrected chi connectivity index (χ0v) is 14.0. The summed E-state index contributed by atoms with van der Waals surface area (Å²) in [5.41, 5.74) is 2.98. The molecule has 0 aliphatic heterocycles. The van der Waals surface area contributed by atoms with Gasteiger partial charge in [0, 0.05) is 13.2 Å². The molecule has 0 amide bonds. The number of fused-ring (bicyclic) bond motifs is 1. The van der Waals surface area contributed by atoms with Gasteiger partial charge in [0.05, 0.1) is 12.1 Å². The van der Waals surface area contributed by atoms with Crippen LogP contribution in [0.5, 0.6) is 0 Å². The molecule has 116 valence electrons. The van der Waals surface area contributed by atoms with Gasteiger partial charge < -0.3 is 0 Å². The average molecular weight is 317 g/mol. The van der Waals surface area contributed by atoms with Gasteiger partial charge in [-0.1, -0.05) is 6.58 Å². The number of hydrogen-bond donors (Lipinski definition) is 0. The van der Waals surface area contributed by atoms with E-state index in [4.69, 9.17) is 0 Å². The topological polar surface area (TPSA) is 56.9 Å². The molecule has 0 bridgehead atoms. The average Bonchev–Trinajstić information content (AvgIpc) is 2.69. The quantitative estimate of drug-likeness (QED) is 0.851. The van der Waals surface area contributed by atoms with Gasteiger partial charge in [-0.2, -0.15) is 0 Å². The summed E-state index contributed by atoms with van der Waals surface area (Å²) >= 11 is 1.55. The monoisotopic (exact) mass is 317 g/mol. The Morgan fingerprint density at radius 3 is 2.68 bits per heavy atom. The summed E-state index contributed by atoms with van der Waals surface area (Å²) in [5, 5.41) is 2.00. The third kappa shape index (κ3) is 3.22. The largest absolute Gasteiger partial charge is 0.330 e. The van der Waals surface area contributed by atoms with Gasteiger partial charge in [-0.05, 0) is 48.3 Å². The lowest BCUT2D eigenvalue weighted by molar-refractivity contribution is -0.117. The molecular weight excluding hydrogens is 298 g/mol. The van der Waals surface area contributed by atoms with E-state index < -0.39 is 0 Å². The SMILES string of the molecule is C=C(C)S/C=C(\C)c1cnc2c(c1)n(CC(C)=O)c(=O)n2C. The second-order valence-electron chi connectivity index (χ2n) is 5.32. The Bertz CT molecular complexity index is 843. The van der Waals surface area contributed by atoms with Crippen LogP contribution in [0.1, 0.15) is 26.3 Å². The fourth-order valence-corrected chi connectivity index (χ4v) is 2.64. The highest BCUT2D eigenvalue weighted by atomic mass is 32.2. The molecule has 0 unspecified atom stereocenters. The molecule has 5 nitrogen and oxygen atoms in total. The van der Waals surface area contributed by atoms with Crippen LogP contribution in [0.4, 0.5) is 0 Å². The summed E-state index contributed by atoms with van der Waals surface area (Å²) < 4.78 is 2.93. The van der Waals surface area contributed by atoms with Crippen LogP contribution in [0.15, 0.2) is 33.9 Å². The second kappa shape index (κ2) is 6.36. The first-order valence-electron chi connectivity index (χ1n) is 6.85. The maximum Gasteiger partial charge on any atom is 0.330 e. The van der Waals surface area contributed by atoms with Crippen molar-refractivity contribution in [3.8, 4) is 0 Å². The Morgan fingerprint density at radius 2 is 2.09 bits per heavy atom. The number of rotatable bonds is 5. The molecule has 2 heterocycles. The fourth-order valence-electron chi connectivity index (χ4n) is 2.13. The molecule has 0 radical (unpaired) electrons. The third-order valence-corrected chi connectivity index (χ3v) is 4.12. The highest BCUT2D eigenvalue weighted by Gasteiger charge is 2.14. The minimum absolute atomic E-state index is 0.0601. The Morgan fingerprint density at radius 1 is 1.41 bits per heavy atom. The number of nitrogens with zero attached hydrogens (tertiary/aromatic N) is 3. The van der Waals surface area contributed by atoms with Gasteiger partial charge in [0.15, 0.2) is 5.65 Å². The van der Waals surface area contributed by atoms with Crippen molar-refractivity contribution in [2.45, 2.75) is 27.3 Å². The highest BCUT2D eigenvalue weighted by Crippen LogP contribution is 2.23. The molecule has 0 fully saturated rings. The van der Waals surface area contributed by atoms with Gasteiger partial charge in [-0.15, -0.1) is 11.8 Å². The van der Waals surface area contributed by atoms with E-state index in [9.17, 15) is 9.59 Å². The zero-order chi connectivity index (χ0) is 16.4. The van der Waals surface area contributed by atoms with E-state index in [2.05, 4.69) is 11.6 Å². The summed E-state index contributed by atoms with van der Waals surface area (Å²) in [6, 6.07) is 1.90. The number of thioether (sulfide) groups is 1. The van der Waals surface area contributed by atoms with Crippen LogP contribution in [0.3, 0.4) is 0 Å². The molecule has 0 aliphatic rings. The molecule has 0 aromatic carbocycles. The van der Waals surface area contributed by atoms with Gasteiger partial charge in [0.25, 0.3) is 0 Å². The fraction of sp³-hybridized carbons (Fsp3) is 0.312. The lowest BCUT2D eigenvalue weighted by Gasteiger charge is -2.04. The molecule has 2 aromatic heterocycles. The van der Waals surface area contributed by atoms with Crippen molar-refractivity contribution in [1.82, 2.24) is 14.1 Å². The van der Waals surface area contributed by atoms with Crippen LogP contribution >= 0.6 is 11.8 Å². The summed E-state index contributed by atoms with van der Waals surface area (Å²) in [5.74, 6) is -0.0647. The Kier molecular flexibility index (Phi) is 4.71. The predicted octanol–water partition coefficient (Wildman–Crippen LogP) is 2.95. The molecule has 0 aliphatic carbocycles. The van der Waals surface area contributed by atoms with Crippen molar-refractivity contribution in [3.63, 3.8) is 0 Å². The number of aryl methyl sites for hydroxylation is 1. The van der Waals surface area contributed by atoms with Crippen molar-refractivity contribution in [2.75, 3.05) is 0 Å². The van der Waals surface area contributed by atoms with Crippen LogP contribution in [-0.4, -0.2) is 19.9 Å². The van der Waals surface area contributed by atoms with Gasteiger partial charge in [-0.3, -0.25) is 13.9 Å². The second-order valence-corrected chi connectivity index (χ2v) is 6.49. The Labute approximate surface area is 133 Å². The van der Waals surface area contributed by atoms with E-state index in [1.54, 1.807) is 25.0 Å². The van der Waals surface area contributed by atoms with Crippen molar-refractivity contribution in [1.29, 1.82) is 0 Å². The number of ketones is 1. The number of Topliss-reactive ketones (excluding diaryl/α,β-unsaturated/α-hetero) is 1. The molecule has 0 spiro atoms. The van der Waals surface area contributed by atoms with Crippen LogP contribution < -0.4 is 5.69 Å². The maximum atomic E-state index is 12.2. The molecule has 2 rings (SSSR count). The number of aromatic nitrogens is 3. The number of carbonyl (C=O) groups excluding carboxylic acids is 1. The standard InChI is InChI=1S/C16H19N3O2S/c1-10(2)22-9-11(3)13-6-14-15(17-7-13)18(5)16(21)19(14)8-12(4)20/h6-7,9H,1,8H2,2-5H3/b11-9+. The smallest absolute Gasteiger partial charge is 0.298 e. The van der Waals surface area contributed by atoms with Gasteiger partial charge >= 0.3 is 5.69 Å². The van der Waals surface area contributed by atoms with Gasteiger partial charge in [0.1, 0.15) is 5.78 Å². The first kappa shape index (κ1) is 16.3. The maximum absolute atomic E-state index is 12.2. The van der Waals surface area contributed by atoms with Crippen molar-refractivity contribution >= 4 is 34.3 Å². The molecule has 0 saturated heterocycles. The number of hydrogen-bond acceptors (Lipinski definition) is 4. The van der Waals surface area contributed by atoms with Gasteiger partial charge in [0.2, 0.25) is 0 Å². The molecule has 6 heteroatoms. The van der Waals surface area contributed by atoms with Gasteiger partial charge in [-0.25, -0.2) is 9.78 Å². The lowest BCUT2D eigenvalue weighted by Crippen LogP contribution is -2.24. The van der Waals surface area contributed by atoms with E-state index in [-0.39, 0.29) is 18.0 Å². The number of pyridine rings is 1. The number of carbonyl (C=O) groups is 1. The minimum atomic E-state index is -0.229. The summed E-state index contributed by atoms with van der Waals surface area (Å²) in [6.07, 6.45) is 1.74. The molecule has 2 aromatic rings. The lowest BCUT2D eigenvalue weighted by atomic mass is 10.1. The highest BCUT2D eigenvalue weighted by molar-refractivity contribution is 8.05. The predicted molar refractivity (Wildman–Crippen MR) is 91.7 cm³/mol. The first-order valence-corrected chi connectivity index (χ1v) is 7.73. The Balaban J connectivity index is 2.58. The minimum Gasteiger partial charge on any atom is -0.298 e. The third-order valence-electron chi connectivity index (χ3n) is 3.25. The summed E-state index contributed by atoms with van der Waals surface area (Å²) in [7, 11) is 1.66. The molecule has 0 N–H and O–H groups in total.